The minimum absolute atomic E-state index is 0.106. The normalized spacial score (nSPS) is 12.5. The molecule has 1 aromatic heterocycles. The van der Waals surface area contributed by atoms with Gasteiger partial charge in [-0.1, -0.05) is 39.3 Å². The zero-order valence-electron chi connectivity index (χ0n) is 13.9. The maximum Gasteiger partial charge on any atom is 0.331 e. The first-order valence-electron chi connectivity index (χ1n) is 8.00. The molecular formula is C19H13BrN2O5. The second-order valence-corrected chi connectivity index (χ2v) is 6.49. The van der Waals surface area contributed by atoms with Gasteiger partial charge in [0.2, 0.25) is 12.6 Å². The molecule has 27 heavy (non-hydrogen) atoms. The first kappa shape index (κ1) is 17.3. The van der Waals surface area contributed by atoms with Crippen molar-refractivity contribution in [2.24, 2.45) is 0 Å². The van der Waals surface area contributed by atoms with Crippen LogP contribution in [0.2, 0.25) is 0 Å². The molecule has 0 radical (unpaired) electrons. The Morgan fingerprint density at radius 2 is 2.07 bits per heavy atom. The molecular weight excluding hydrogens is 416 g/mol. The number of nitrogens with zero attached hydrogens (tertiary/aromatic N) is 2. The predicted octanol–water partition coefficient (Wildman–Crippen LogP) is 3.98. The standard InChI is InChI=1S/C19H13BrN2O5/c20-14-3-1-2-13(9-14)19-21-17(27-22-19)10-24-18(23)7-5-12-4-6-15-16(8-12)26-11-25-15/h1-9H,10-11H2/b7-5+. The summed E-state index contributed by atoms with van der Waals surface area (Å²) in [4.78, 5) is 16.1. The number of rotatable bonds is 5. The van der Waals surface area contributed by atoms with Crippen LogP contribution in [0.5, 0.6) is 11.5 Å². The number of fused-ring (bicyclic) bond motifs is 1. The van der Waals surface area contributed by atoms with E-state index in [0.29, 0.717) is 17.3 Å². The van der Waals surface area contributed by atoms with Gasteiger partial charge in [-0.3, -0.25) is 0 Å². The zero-order chi connectivity index (χ0) is 18.6. The van der Waals surface area contributed by atoms with Crippen LogP contribution in [0.4, 0.5) is 0 Å². The fraction of sp³-hybridized carbons (Fsp3) is 0.105. The van der Waals surface area contributed by atoms with Crippen molar-refractivity contribution in [1.29, 1.82) is 0 Å². The average Bonchev–Trinajstić information content (AvgIpc) is 3.33. The van der Waals surface area contributed by atoms with Gasteiger partial charge in [-0.25, -0.2) is 4.79 Å². The zero-order valence-corrected chi connectivity index (χ0v) is 15.5. The Hall–Kier alpha value is -3.13. The second-order valence-electron chi connectivity index (χ2n) is 5.58. The van der Waals surface area contributed by atoms with Crippen LogP contribution in [0.25, 0.3) is 17.5 Å². The molecule has 0 N–H and O–H groups in total. The highest BCUT2D eigenvalue weighted by molar-refractivity contribution is 9.10. The Kier molecular flexibility index (Phi) is 4.88. The van der Waals surface area contributed by atoms with Crippen molar-refractivity contribution in [3.63, 3.8) is 0 Å². The number of carbonyl (C=O) groups is 1. The van der Waals surface area contributed by atoms with Crippen LogP contribution in [0, 0.1) is 0 Å². The van der Waals surface area contributed by atoms with Crippen molar-refractivity contribution in [1.82, 2.24) is 10.1 Å². The van der Waals surface area contributed by atoms with E-state index >= 15 is 0 Å². The quantitative estimate of drug-likeness (QED) is 0.448. The molecule has 0 bridgehead atoms. The molecule has 0 spiro atoms. The third kappa shape index (κ3) is 4.17. The number of hydrogen-bond acceptors (Lipinski definition) is 7. The molecule has 1 aliphatic heterocycles. The van der Waals surface area contributed by atoms with E-state index in [1.807, 2.05) is 30.3 Å². The van der Waals surface area contributed by atoms with Gasteiger partial charge in [0.05, 0.1) is 0 Å². The molecule has 136 valence electrons. The molecule has 2 heterocycles. The Labute approximate surface area is 162 Å². The maximum absolute atomic E-state index is 11.9. The number of halogens is 1. The minimum atomic E-state index is -0.519. The van der Waals surface area contributed by atoms with Gasteiger partial charge in [0.15, 0.2) is 18.1 Å². The Morgan fingerprint density at radius 3 is 2.96 bits per heavy atom. The fourth-order valence-corrected chi connectivity index (χ4v) is 2.82. The highest BCUT2D eigenvalue weighted by atomic mass is 79.9. The summed E-state index contributed by atoms with van der Waals surface area (Å²) in [5, 5.41) is 3.89. The lowest BCUT2D eigenvalue weighted by atomic mass is 10.2. The largest absolute Gasteiger partial charge is 0.454 e. The van der Waals surface area contributed by atoms with E-state index in [2.05, 4.69) is 26.1 Å². The number of ether oxygens (including phenoxy) is 3. The molecule has 0 fully saturated rings. The summed E-state index contributed by atoms with van der Waals surface area (Å²) in [6.07, 6.45) is 2.95. The van der Waals surface area contributed by atoms with E-state index in [-0.39, 0.29) is 19.3 Å². The van der Waals surface area contributed by atoms with Crippen LogP contribution in [0.15, 0.2) is 57.5 Å². The Bertz CT molecular complexity index is 1010. The van der Waals surface area contributed by atoms with Gasteiger partial charge in [0.1, 0.15) is 0 Å². The molecule has 3 aromatic rings. The molecule has 0 saturated carbocycles. The third-order valence-corrected chi connectivity index (χ3v) is 4.19. The molecule has 0 amide bonds. The fourth-order valence-electron chi connectivity index (χ4n) is 2.42. The molecule has 8 heteroatoms. The Balaban J connectivity index is 1.34. The molecule has 2 aromatic carbocycles. The summed E-state index contributed by atoms with van der Waals surface area (Å²) >= 11 is 3.39. The Morgan fingerprint density at radius 1 is 1.19 bits per heavy atom. The molecule has 4 rings (SSSR count). The summed E-state index contributed by atoms with van der Waals surface area (Å²) in [5.41, 5.74) is 1.60. The van der Waals surface area contributed by atoms with E-state index in [1.165, 1.54) is 6.08 Å². The van der Waals surface area contributed by atoms with E-state index in [1.54, 1.807) is 18.2 Å². The van der Waals surface area contributed by atoms with Gasteiger partial charge in [-0.05, 0) is 35.9 Å². The predicted molar refractivity (Wildman–Crippen MR) is 98.8 cm³/mol. The van der Waals surface area contributed by atoms with Crippen molar-refractivity contribution in [3.05, 3.63) is 64.5 Å². The molecule has 0 saturated heterocycles. The van der Waals surface area contributed by atoms with E-state index in [4.69, 9.17) is 18.7 Å². The number of hydrogen-bond donors (Lipinski definition) is 0. The highest BCUT2D eigenvalue weighted by Crippen LogP contribution is 2.32. The van der Waals surface area contributed by atoms with Gasteiger partial charge in [-0.15, -0.1) is 0 Å². The maximum atomic E-state index is 11.9. The average molecular weight is 429 g/mol. The van der Waals surface area contributed by atoms with Crippen molar-refractivity contribution < 1.29 is 23.5 Å². The lowest BCUT2D eigenvalue weighted by molar-refractivity contribution is -0.139. The van der Waals surface area contributed by atoms with E-state index < -0.39 is 5.97 Å². The monoisotopic (exact) mass is 428 g/mol. The van der Waals surface area contributed by atoms with Crippen LogP contribution in [-0.4, -0.2) is 22.9 Å². The van der Waals surface area contributed by atoms with Crippen molar-refractivity contribution >= 4 is 28.0 Å². The van der Waals surface area contributed by atoms with Crippen LogP contribution in [-0.2, 0) is 16.1 Å². The van der Waals surface area contributed by atoms with Gasteiger partial charge in [0.25, 0.3) is 5.89 Å². The topological polar surface area (TPSA) is 83.7 Å². The van der Waals surface area contributed by atoms with Gasteiger partial charge in [0, 0.05) is 16.1 Å². The summed E-state index contributed by atoms with van der Waals surface area (Å²) in [6.45, 7) is 0.0992. The smallest absolute Gasteiger partial charge is 0.331 e. The van der Waals surface area contributed by atoms with Gasteiger partial charge < -0.3 is 18.7 Å². The first-order valence-corrected chi connectivity index (χ1v) is 8.80. The van der Waals surface area contributed by atoms with Crippen molar-refractivity contribution in [2.45, 2.75) is 6.61 Å². The van der Waals surface area contributed by atoms with Gasteiger partial charge in [-0.2, -0.15) is 4.98 Å². The van der Waals surface area contributed by atoms with Crippen LogP contribution < -0.4 is 9.47 Å². The SMILES string of the molecule is O=C(/C=C/c1ccc2c(c1)OCO2)OCc1nc(-c2cccc(Br)c2)no1. The lowest BCUT2D eigenvalue weighted by Crippen LogP contribution is -2.01. The number of carbonyl (C=O) groups excluding carboxylic acids is 1. The van der Waals surface area contributed by atoms with Crippen molar-refractivity contribution in [2.75, 3.05) is 6.79 Å². The third-order valence-electron chi connectivity index (χ3n) is 3.70. The highest BCUT2D eigenvalue weighted by Gasteiger charge is 2.13. The number of benzene rings is 2. The number of aromatic nitrogens is 2. The minimum Gasteiger partial charge on any atom is -0.454 e. The molecule has 0 atom stereocenters. The van der Waals surface area contributed by atoms with E-state index in [0.717, 1.165) is 15.6 Å². The van der Waals surface area contributed by atoms with Crippen LogP contribution in [0.1, 0.15) is 11.5 Å². The van der Waals surface area contributed by atoms with Gasteiger partial charge >= 0.3 is 5.97 Å². The van der Waals surface area contributed by atoms with Crippen molar-refractivity contribution in [3.8, 4) is 22.9 Å². The molecule has 0 unspecified atom stereocenters. The number of esters is 1. The second kappa shape index (κ2) is 7.63. The first-order chi connectivity index (χ1) is 13.2. The summed E-state index contributed by atoms with van der Waals surface area (Å²) in [6, 6.07) is 12.9. The molecule has 1 aliphatic rings. The van der Waals surface area contributed by atoms with Crippen LogP contribution in [0.3, 0.4) is 0 Å². The summed E-state index contributed by atoms with van der Waals surface area (Å²) < 4.78 is 21.7. The summed E-state index contributed by atoms with van der Waals surface area (Å²) in [5.74, 6) is 1.46. The lowest BCUT2D eigenvalue weighted by Gasteiger charge is -1.98. The van der Waals surface area contributed by atoms with Crippen LogP contribution >= 0.6 is 15.9 Å². The molecule has 0 aliphatic carbocycles. The van der Waals surface area contributed by atoms with E-state index in [9.17, 15) is 4.79 Å². The molecule has 7 nitrogen and oxygen atoms in total. The summed E-state index contributed by atoms with van der Waals surface area (Å²) in [7, 11) is 0.